The standard InChI is InChI=1S/C22H16Cl2N4O2/c1-11-25-20(30-26-11)12-4-7-19-15(8-12)16-10-17(14-6-5-13(23)9-18(14)24)22(29)28(3)21(16)27(19)2/h4-10H,1-3H3. The van der Waals surface area contributed by atoms with E-state index in [9.17, 15) is 4.79 Å². The highest BCUT2D eigenvalue weighted by Gasteiger charge is 2.18. The molecule has 0 fully saturated rings. The van der Waals surface area contributed by atoms with E-state index < -0.39 is 0 Å². The maximum Gasteiger partial charge on any atom is 0.259 e. The molecule has 0 N–H and O–H groups in total. The van der Waals surface area contributed by atoms with Gasteiger partial charge < -0.3 is 9.09 Å². The zero-order chi connectivity index (χ0) is 21.2. The number of nitrogens with zero attached hydrogens (tertiary/aromatic N) is 4. The molecule has 0 aliphatic carbocycles. The fraction of sp³-hybridized carbons (Fsp3) is 0.136. The van der Waals surface area contributed by atoms with E-state index in [1.165, 1.54) is 0 Å². The molecule has 150 valence electrons. The molecule has 0 saturated heterocycles. The second-order valence-corrected chi connectivity index (χ2v) is 8.06. The molecule has 0 bridgehead atoms. The summed E-state index contributed by atoms with van der Waals surface area (Å²) in [5.74, 6) is 1.03. The van der Waals surface area contributed by atoms with E-state index in [-0.39, 0.29) is 5.56 Å². The Bertz CT molecular complexity index is 1530. The van der Waals surface area contributed by atoms with Crippen LogP contribution < -0.4 is 5.56 Å². The van der Waals surface area contributed by atoms with Crippen LogP contribution in [0.5, 0.6) is 0 Å². The van der Waals surface area contributed by atoms with Crippen LogP contribution in [0.3, 0.4) is 0 Å². The highest BCUT2D eigenvalue weighted by atomic mass is 35.5. The first-order valence-electron chi connectivity index (χ1n) is 9.23. The van der Waals surface area contributed by atoms with Crippen molar-refractivity contribution in [2.24, 2.45) is 14.1 Å². The molecule has 3 aromatic heterocycles. The molecular formula is C22H16Cl2N4O2. The summed E-state index contributed by atoms with van der Waals surface area (Å²) in [6, 6.07) is 12.9. The van der Waals surface area contributed by atoms with Crippen molar-refractivity contribution in [3.63, 3.8) is 0 Å². The fourth-order valence-corrected chi connectivity index (χ4v) is 4.45. The van der Waals surface area contributed by atoms with Crippen LogP contribution in [0.4, 0.5) is 0 Å². The number of hydrogen-bond acceptors (Lipinski definition) is 4. The summed E-state index contributed by atoms with van der Waals surface area (Å²) in [5, 5.41) is 6.73. The van der Waals surface area contributed by atoms with Crippen molar-refractivity contribution in [3.05, 3.63) is 68.7 Å². The van der Waals surface area contributed by atoms with Gasteiger partial charge in [-0.3, -0.25) is 9.36 Å². The van der Waals surface area contributed by atoms with Crippen LogP contribution in [-0.2, 0) is 14.1 Å². The lowest BCUT2D eigenvalue weighted by atomic mass is 10.0. The largest absolute Gasteiger partial charge is 0.334 e. The molecule has 6 nitrogen and oxygen atoms in total. The molecule has 0 atom stereocenters. The number of rotatable bonds is 2. The number of aromatic nitrogens is 4. The molecule has 0 radical (unpaired) electrons. The molecule has 0 aliphatic heterocycles. The maximum absolute atomic E-state index is 13.2. The number of hydrogen-bond donors (Lipinski definition) is 0. The number of benzene rings is 2. The van der Waals surface area contributed by atoms with Crippen molar-refractivity contribution in [1.29, 1.82) is 0 Å². The second-order valence-electron chi connectivity index (χ2n) is 7.22. The monoisotopic (exact) mass is 438 g/mol. The van der Waals surface area contributed by atoms with Crippen LogP contribution in [0.15, 0.2) is 51.8 Å². The summed E-state index contributed by atoms with van der Waals surface area (Å²) >= 11 is 12.4. The third-order valence-electron chi connectivity index (χ3n) is 5.34. The Kier molecular flexibility index (Phi) is 4.24. The lowest BCUT2D eigenvalue weighted by Crippen LogP contribution is -2.20. The van der Waals surface area contributed by atoms with Crippen LogP contribution in [0, 0.1) is 6.92 Å². The summed E-state index contributed by atoms with van der Waals surface area (Å²) in [5.41, 5.74) is 3.63. The van der Waals surface area contributed by atoms with Crippen LogP contribution in [0.25, 0.3) is 44.5 Å². The summed E-state index contributed by atoms with van der Waals surface area (Å²) in [6.45, 7) is 1.78. The van der Waals surface area contributed by atoms with Gasteiger partial charge >= 0.3 is 0 Å². The fourth-order valence-electron chi connectivity index (χ4n) is 3.94. The third kappa shape index (κ3) is 2.75. The zero-order valence-electron chi connectivity index (χ0n) is 16.4. The van der Waals surface area contributed by atoms with Gasteiger partial charge in [-0.15, -0.1) is 0 Å². The highest BCUT2D eigenvalue weighted by molar-refractivity contribution is 6.36. The Balaban J connectivity index is 1.85. The van der Waals surface area contributed by atoms with Crippen molar-refractivity contribution >= 4 is 45.1 Å². The van der Waals surface area contributed by atoms with Gasteiger partial charge in [0.05, 0.1) is 10.5 Å². The molecule has 2 aromatic carbocycles. The van der Waals surface area contributed by atoms with Crippen molar-refractivity contribution in [2.75, 3.05) is 0 Å². The van der Waals surface area contributed by atoms with Crippen LogP contribution in [0.2, 0.25) is 10.0 Å². The smallest absolute Gasteiger partial charge is 0.259 e. The number of aryl methyl sites for hydroxylation is 3. The first-order valence-corrected chi connectivity index (χ1v) is 9.99. The topological polar surface area (TPSA) is 65.8 Å². The highest BCUT2D eigenvalue weighted by Crippen LogP contribution is 2.35. The first kappa shape index (κ1) is 18.9. The van der Waals surface area contributed by atoms with E-state index in [1.54, 1.807) is 36.7 Å². The predicted octanol–water partition coefficient (Wildman–Crippen LogP) is 5.36. The first-order chi connectivity index (χ1) is 14.3. The molecule has 30 heavy (non-hydrogen) atoms. The minimum atomic E-state index is -0.134. The molecule has 5 rings (SSSR count). The Hall–Kier alpha value is -3.09. The van der Waals surface area contributed by atoms with Gasteiger partial charge in [0.15, 0.2) is 5.82 Å². The molecule has 0 aliphatic rings. The Labute approximate surface area is 181 Å². The van der Waals surface area contributed by atoms with Crippen LogP contribution >= 0.6 is 23.2 Å². The quantitative estimate of drug-likeness (QED) is 0.371. The Morgan fingerprint density at radius 3 is 2.43 bits per heavy atom. The summed E-state index contributed by atoms with van der Waals surface area (Å²) in [6.07, 6.45) is 0. The van der Waals surface area contributed by atoms with E-state index in [2.05, 4.69) is 10.1 Å². The lowest BCUT2D eigenvalue weighted by Gasteiger charge is -2.09. The molecular weight excluding hydrogens is 423 g/mol. The number of pyridine rings is 1. The molecule has 0 amide bonds. The van der Waals surface area contributed by atoms with Gasteiger partial charge in [-0.1, -0.05) is 34.4 Å². The predicted molar refractivity (Wildman–Crippen MR) is 119 cm³/mol. The average Bonchev–Trinajstić information content (AvgIpc) is 3.26. The van der Waals surface area contributed by atoms with Crippen molar-refractivity contribution in [1.82, 2.24) is 19.3 Å². The van der Waals surface area contributed by atoms with E-state index in [1.807, 2.05) is 35.9 Å². The van der Waals surface area contributed by atoms with Gasteiger partial charge in [-0.2, -0.15) is 4.98 Å². The third-order valence-corrected chi connectivity index (χ3v) is 5.89. The molecule has 3 heterocycles. The summed E-state index contributed by atoms with van der Waals surface area (Å²) < 4.78 is 8.97. The Morgan fingerprint density at radius 1 is 0.933 bits per heavy atom. The number of halogens is 2. The van der Waals surface area contributed by atoms with Gasteiger partial charge in [0.1, 0.15) is 5.65 Å². The van der Waals surface area contributed by atoms with Gasteiger partial charge in [0.25, 0.3) is 11.4 Å². The zero-order valence-corrected chi connectivity index (χ0v) is 17.9. The van der Waals surface area contributed by atoms with Crippen LogP contribution in [0.1, 0.15) is 5.82 Å². The summed E-state index contributed by atoms with van der Waals surface area (Å²) in [7, 11) is 3.70. The molecule has 0 saturated carbocycles. The average molecular weight is 439 g/mol. The molecule has 0 spiro atoms. The van der Waals surface area contributed by atoms with E-state index in [0.717, 1.165) is 27.5 Å². The van der Waals surface area contributed by atoms with E-state index in [0.29, 0.717) is 32.9 Å². The SMILES string of the molecule is Cc1noc(-c2ccc3c(c2)c2cc(-c4ccc(Cl)cc4Cl)c(=O)n(C)c2n3C)n1. The maximum atomic E-state index is 13.2. The molecule has 5 aromatic rings. The van der Waals surface area contributed by atoms with Gasteiger partial charge in [-0.05, 0) is 43.3 Å². The van der Waals surface area contributed by atoms with Gasteiger partial charge in [0.2, 0.25) is 0 Å². The van der Waals surface area contributed by atoms with E-state index in [4.69, 9.17) is 27.7 Å². The number of fused-ring (bicyclic) bond motifs is 3. The molecule has 8 heteroatoms. The normalized spacial score (nSPS) is 11.6. The Morgan fingerprint density at radius 2 is 1.73 bits per heavy atom. The van der Waals surface area contributed by atoms with Gasteiger partial charge in [-0.25, -0.2) is 0 Å². The minimum absolute atomic E-state index is 0.134. The van der Waals surface area contributed by atoms with Crippen molar-refractivity contribution < 1.29 is 4.52 Å². The minimum Gasteiger partial charge on any atom is -0.334 e. The van der Waals surface area contributed by atoms with Crippen molar-refractivity contribution in [3.8, 4) is 22.6 Å². The lowest BCUT2D eigenvalue weighted by molar-refractivity contribution is 0.425. The molecule has 0 unspecified atom stereocenters. The summed E-state index contributed by atoms with van der Waals surface area (Å²) in [4.78, 5) is 17.5. The van der Waals surface area contributed by atoms with Gasteiger partial charge in [0, 0.05) is 46.6 Å². The van der Waals surface area contributed by atoms with Crippen molar-refractivity contribution in [2.45, 2.75) is 6.92 Å². The second kappa shape index (κ2) is 6.72. The van der Waals surface area contributed by atoms with Crippen LogP contribution in [-0.4, -0.2) is 19.3 Å². The van der Waals surface area contributed by atoms with E-state index >= 15 is 0 Å².